The third-order valence-corrected chi connectivity index (χ3v) is 3.37. The molecular weight excluding hydrogens is 363 g/mol. The van der Waals surface area contributed by atoms with Crippen LogP contribution in [0.3, 0.4) is 0 Å². The molecule has 0 saturated heterocycles. The molecule has 0 atom stereocenters. The molecule has 0 aliphatic carbocycles. The van der Waals surface area contributed by atoms with Gasteiger partial charge in [0.25, 0.3) is 0 Å². The zero-order valence-corrected chi connectivity index (χ0v) is 14.9. The van der Waals surface area contributed by atoms with E-state index in [2.05, 4.69) is 25.3 Å². The molecule has 0 fully saturated rings. The molecule has 0 unspecified atom stereocenters. The summed E-state index contributed by atoms with van der Waals surface area (Å²) in [5.74, 6) is 0.594. The lowest BCUT2D eigenvalue weighted by molar-refractivity contribution is -0.154. The SMILES string of the molecule is CN(C)c1ncccc1CNC(=O)NCc1ccnc(OCC(F)(F)F)c1. The predicted octanol–water partition coefficient (Wildman–Crippen LogP) is 2.48. The Balaban J connectivity index is 1.84. The first-order valence-electron chi connectivity index (χ1n) is 8.02. The van der Waals surface area contributed by atoms with Crippen LogP contribution in [0.4, 0.5) is 23.8 Å². The monoisotopic (exact) mass is 383 g/mol. The molecule has 0 saturated carbocycles. The van der Waals surface area contributed by atoms with Gasteiger partial charge in [0, 0.05) is 51.2 Å². The quantitative estimate of drug-likeness (QED) is 0.768. The summed E-state index contributed by atoms with van der Waals surface area (Å²) >= 11 is 0. The van der Waals surface area contributed by atoms with Crippen molar-refractivity contribution in [2.75, 3.05) is 25.6 Å². The van der Waals surface area contributed by atoms with Gasteiger partial charge in [0.1, 0.15) is 5.82 Å². The molecule has 2 aromatic rings. The molecule has 2 amide bonds. The summed E-state index contributed by atoms with van der Waals surface area (Å²) in [6, 6.07) is 6.14. The van der Waals surface area contributed by atoms with Gasteiger partial charge < -0.3 is 20.3 Å². The second-order valence-electron chi connectivity index (χ2n) is 5.82. The molecule has 0 aliphatic rings. The van der Waals surface area contributed by atoms with Crippen molar-refractivity contribution < 1.29 is 22.7 Å². The number of carbonyl (C=O) groups excluding carboxylic acids is 1. The number of urea groups is 1. The molecule has 0 aliphatic heterocycles. The summed E-state index contributed by atoms with van der Waals surface area (Å²) in [5, 5.41) is 5.34. The Morgan fingerprint density at radius 3 is 2.59 bits per heavy atom. The van der Waals surface area contributed by atoms with Gasteiger partial charge >= 0.3 is 12.2 Å². The highest BCUT2D eigenvalue weighted by Crippen LogP contribution is 2.17. The van der Waals surface area contributed by atoms with E-state index in [1.165, 1.54) is 12.3 Å². The molecule has 0 radical (unpaired) electrons. The van der Waals surface area contributed by atoms with Gasteiger partial charge in [-0.3, -0.25) is 0 Å². The third kappa shape index (κ3) is 7.00. The number of ether oxygens (including phenoxy) is 1. The second-order valence-corrected chi connectivity index (χ2v) is 5.82. The summed E-state index contributed by atoms with van der Waals surface area (Å²) in [5.41, 5.74) is 1.41. The first kappa shape index (κ1) is 20.3. The van der Waals surface area contributed by atoms with E-state index < -0.39 is 18.8 Å². The predicted molar refractivity (Wildman–Crippen MR) is 93.4 cm³/mol. The molecule has 2 rings (SSSR count). The van der Waals surface area contributed by atoms with Crippen LogP contribution in [0.15, 0.2) is 36.7 Å². The molecule has 27 heavy (non-hydrogen) atoms. The number of rotatable bonds is 7. The fourth-order valence-corrected chi connectivity index (χ4v) is 2.19. The Labute approximate surface area is 154 Å². The minimum absolute atomic E-state index is 0.115. The van der Waals surface area contributed by atoms with Crippen molar-refractivity contribution in [3.8, 4) is 5.88 Å². The number of pyridine rings is 2. The highest BCUT2D eigenvalue weighted by molar-refractivity contribution is 5.74. The molecular formula is C17H20F3N5O2. The van der Waals surface area contributed by atoms with Crippen LogP contribution in [-0.4, -0.2) is 42.9 Å². The molecule has 2 heterocycles. The molecule has 2 N–H and O–H groups in total. The summed E-state index contributed by atoms with van der Waals surface area (Å²) in [4.78, 5) is 21.8. The van der Waals surface area contributed by atoms with Crippen LogP contribution in [-0.2, 0) is 13.1 Å². The molecule has 146 valence electrons. The highest BCUT2D eigenvalue weighted by atomic mass is 19.4. The third-order valence-electron chi connectivity index (χ3n) is 3.37. The maximum Gasteiger partial charge on any atom is 0.422 e. The van der Waals surface area contributed by atoms with Crippen LogP contribution in [0.5, 0.6) is 5.88 Å². The minimum Gasteiger partial charge on any atom is -0.468 e. The van der Waals surface area contributed by atoms with Gasteiger partial charge in [-0.05, 0) is 17.7 Å². The number of halogens is 3. The van der Waals surface area contributed by atoms with Crippen molar-refractivity contribution in [3.63, 3.8) is 0 Å². The van der Waals surface area contributed by atoms with E-state index in [1.807, 2.05) is 25.1 Å². The average molecular weight is 383 g/mol. The van der Waals surface area contributed by atoms with Gasteiger partial charge in [0.2, 0.25) is 5.88 Å². The van der Waals surface area contributed by atoms with Crippen molar-refractivity contribution in [2.45, 2.75) is 19.3 Å². The Bertz CT molecular complexity index is 768. The van der Waals surface area contributed by atoms with Crippen LogP contribution in [0, 0.1) is 0 Å². The van der Waals surface area contributed by atoms with Crippen molar-refractivity contribution >= 4 is 11.8 Å². The number of anilines is 1. The van der Waals surface area contributed by atoms with E-state index in [0.717, 1.165) is 11.4 Å². The van der Waals surface area contributed by atoms with Gasteiger partial charge in [0.15, 0.2) is 6.61 Å². The first-order chi connectivity index (χ1) is 12.7. The zero-order valence-electron chi connectivity index (χ0n) is 14.9. The highest BCUT2D eigenvalue weighted by Gasteiger charge is 2.28. The topological polar surface area (TPSA) is 79.4 Å². The summed E-state index contributed by atoms with van der Waals surface area (Å²) < 4.78 is 41.1. The summed E-state index contributed by atoms with van der Waals surface area (Å²) in [6.45, 7) is -1.02. The summed E-state index contributed by atoms with van der Waals surface area (Å²) in [7, 11) is 3.71. The normalized spacial score (nSPS) is 11.0. The smallest absolute Gasteiger partial charge is 0.422 e. The van der Waals surface area contributed by atoms with E-state index in [4.69, 9.17) is 0 Å². The van der Waals surface area contributed by atoms with Crippen molar-refractivity contribution in [1.82, 2.24) is 20.6 Å². The van der Waals surface area contributed by atoms with E-state index in [1.54, 1.807) is 18.3 Å². The maximum absolute atomic E-state index is 12.2. The van der Waals surface area contributed by atoms with Crippen LogP contribution in [0.2, 0.25) is 0 Å². The zero-order chi connectivity index (χ0) is 19.9. The molecule has 2 aromatic heterocycles. The number of carbonyl (C=O) groups is 1. The van der Waals surface area contributed by atoms with Gasteiger partial charge in [-0.15, -0.1) is 0 Å². The summed E-state index contributed by atoms with van der Waals surface area (Å²) in [6.07, 6.45) is -1.45. The number of nitrogens with zero attached hydrogens (tertiary/aromatic N) is 3. The van der Waals surface area contributed by atoms with E-state index in [-0.39, 0.29) is 19.0 Å². The molecule has 0 spiro atoms. The fraction of sp³-hybridized carbons (Fsp3) is 0.353. The Morgan fingerprint density at radius 1 is 1.15 bits per heavy atom. The van der Waals surface area contributed by atoms with Crippen LogP contribution < -0.4 is 20.3 Å². The average Bonchev–Trinajstić information content (AvgIpc) is 2.63. The van der Waals surface area contributed by atoms with Crippen molar-refractivity contribution in [2.24, 2.45) is 0 Å². The van der Waals surface area contributed by atoms with E-state index >= 15 is 0 Å². The first-order valence-corrected chi connectivity index (χ1v) is 8.02. The Morgan fingerprint density at radius 2 is 1.89 bits per heavy atom. The maximum atomic E-state index is 12.2. The van der Waals surface area contributed by atoms with Crippen LogP contribution in [0.1, 0.15) is 11.1 Å². The lowest BCUT2D eigenvalue weighted by Gasteiger charge is -2.16. The molecule has 0 bridgehead atoms. The fourth-order valence-electron chi connectivity index (χ4n) is 2.19. The largest absolute Gasteiger partial charge is 0.468 e. The molecule has 10 heteroatoms. The van der Waals surface area contributed by atoms with Gasteiger partial charge in [-0.25, -0.2) is 14.8 Å². The lowest BCUT2D eigenvalue weighted by Crippen LogP contribution is -2.35. The Kier molecular flexibility index (Phi) is 6.80. The molecule has 0 aromatic carbocycles. The molecule has 7 nitrogen and oxygen atoms in total. The van der Waals surface area contributed by atoms with Crippen molar-refractivity contribution in [1.29, 1.82) is 0 Å². The number of hydrogen-bond acceptors (Lipinski definition) is 5. The van der Waals surface area contributed by atoms with Crippen LogP contribution in [0.25, 0.3) is 0 Å². The van der Waals surface area contributed by atoms with Gasteiger partial charge in [-0.2, -0.15) is 13.2 Å². The standard InChI is InChI=1S/C17H20F3N5O2/c1-25(2)15-13(4-3-6-22-15)10-24-16(26)23-9-12-5-7-21-14(8-12)27-11-17(18,19)20/h3-8H,9-11H2,1-2H3,(H2,23,24,26). The van der Waals surface area contributed by atoms with Gasteiger partial charge in [0.05, 0.1) is 0 Å². The van der Waals surface area contributed by atoms with Crippen molar-refractivity contribution in [3.05, 3.63) is 47.8 Å². The van der Waals surface area contributed by atoms with E-state index in [9.17, 15) is 18.0 Å². The number of amides is 2. The van der Waals surface area contributed by atoms with Gasteiger partial charge in [-0.1, -0.05) is 6.07 Å². The number of nitrogens with one attached hydrogen (secondary N) is 2. The lowest BCUT2D eigenvalue weighted by atomic mass is 10.2. The van der Waals surface area contributed by atoms with Crippen LogP contribution >= 0.6 is 0 Å². The second kappa shape index (κ2) is 9.06. The number of aromatic nitrogens is 2. The minimum atomic E-state index is -4.44. The number of alkyl halides is 3. The number of hydrogen-bond donors (Lipinski definition) is 2. The Hall–Kier alpha value is -3.04. The van der Waals surface area contributed by atoms with E-state index in [0.29, 0.717) is 5.56 Å².